The third kappa shape index (κ3) is 11.0. The fourth-order valence-electron chi connectivity index (χ4n) is 4.71. The summed E-state index contributed by atoms with van der Waals surface area (Å²) in [6.45, 7) is 32.7. The van der Waals surface area contributed by atoms with Crippen molar-refractivity contribution in [3.63, 3.8) is 0 Å². The van der Waals surface area contributed by atoms with E-state index < -0.39 is 24.7 Å². The molecule has 0 aliphatic heterocycles. The Morgan fingerprint density at radius 1 is 0.921 bits per heavy atom. The first kappa shape index (κ1) is 35.9. The summed E-state index contributed by atoms with van der Waals surface area (Å²) in [5, 5.41) is 10.8. The van der Waals surface area contributed by atoms with Gasteiger partial charge in [-0.05, 0) is 60.9 Å². The maximum atomic E-state index is 10.4. The average Bonchev–Trinajstić information content (AvgIpc) is 3.05. The number of unbranched alkanes of at least 4 members (excludes halogenated alkanes) is 2. The summed E-state index contributed by atoms with van der Waals surface area (Å²) in [6.07, 6.45) is 11.6. The standard InChI is InChI=1S/C32H64O3Si3/c1-15-16-17-19-27(34-37(11,12)31(2,3)4)21-22-29-28(20-18-23-36(8,9)10)26(25-33)24-30(29)35-38(13,14)32(5,6)7/h21-22,26-30,33H,15-17,19-20,24-25H2,1-14H3/t26-,27+,28-,29-,30-/m1/s1. The molecule has 0 aromatic rings. The van der Waals surface area contributed by atoms with Crippen molar-refractivity contribution in [3.8, 4) is 11.5 Å². The Labute approximate surface area is 241 Å². The molecular formula is C32H64O3Si3. The third-order valence-electron chi connectivity index (χ3n) is 9.24. The molecule has 1 rings (SSSR count). The Morgan fingerprint density at radius 3 is 1.97 bits per heavy atom. The summed E-state index contributed by atoms with van der Waals surface area (Å²) in [7, 11) is -5.30. The van der Waals surface area contributed by atoms with Crippen molar-refractivity contribution in [3.05, 3.63) is 12.2 Å². The molecule has 0 unspecified atom stereocenters. The average molecular weight is 581 g/mol. The molecule has 0 bridgehead atoms. The SMILES string of the molecule is CCCCC[C@@H](C=C[C@@H]1[C@H](CC#C[Si](C)(C)C)[C@@H](CO)C[C@H]1O[Si](C)(C)C(C)(C)C)O[Si](C)(C)C(C)(C)C. The van der Waals surface area contributed by atoms with Gasteiger partial charge in [0, 0.05) is 18.9 Å². The van der Waals surface area contributed by atoms with E-state index in [1.54, 1.807) is 0 Å². The largest absolute Gasteiger partial charge is 0.413 e. The first-order valence-corrected chi connectivity index (χ1v) is 24.6. The van der Waals surface area contributed by atoms with Gasteiger partial charge in [-0.1, -0.05) is 99.5 Å². The number of hydrogen-bond acceptors (Lipinski definition) is 3. The quantitative estimate of drug-likeness (QED) is 0.108. The summed E-state index contributed by atoms with van der Waals surface area (Å²) in [5.74, 6) is 4.37. The van der Waals surface area contributed by atoms with E-state index in [4.69, 9.17) is 8.85 Å². The number of rotatable bonds is 12. The van der Waals surface area contributed by atoms with E-state index in [0.29, 0.717) is 5.92 Å². The van der Waals surface area contributed by atoms with Gasteiger partial charge in [-0.3, -0.25) is 0 Å². The minimum absolute atomic E-state index is 0.132. The molecule has 0 amide bonds. The van der Waals surface area contributed by atoms with Gasteiger partial charge < -0.3 is 14.0 Å². The van der Waals surface area contributed by atoms with Gasteiger partial charge in [0.25, 0.3) is 0 Å². The Kier molecular flexibility index (Phi) is 13.3. The molecule has 5 atom stereocenters. The summed E-state index contributed by atoms with van der Waals surface area (Å²) in [5.41, 5.74) is 3.58. The van der Waals surface area contributed by atoms with Crippen LogP contribution in [0.4, 0.5) is 0 Å². The van der Waals surface area contributed by atoms with Crippen LogP contribution in [0, 0.1) is 29.2 Å². The van der Waals surface area contributed by atoms with Crippen molar-refractivity contribution in [2.24, 2.45) is 17.8 Å². The number of aliphatic hydroxyl groups is 1. The van der Waals surface area contributed by atoms with Gasteiger partial charge in [-0.25, -0.2) is 0 Å². The van der Waals surface area contributed by atoms with Gasteiger partial charge in [-0.2, -0.15) is 0 Å². The second kappa shape index (κ2) is 14.1. The topological polar surface area (TPSA) is 38.7 Å². The molecule has 0 saturated heterocycles. The maximum Gasteiger partial charge on any atom is 0.192 e. The summed E-state index contributed by atoms with van der Waals surface area (Å²) >= 11 is 0. The van der Waals surface area contributed by atoms with Gasteiger partial charge in [0.05, 0.1) is 12.2 Å². The van der Waals surface area contributed by atoms with E-state index in [9.17, 15) is 5.11 Å². The van der Waals surface area contributed by atoms with Crippen LogP contribution in [0.3, 0.4) is 0 Å². The van der Waals surface area contributed by atoms with Crippen LogP contribution in [-0.4, -0.2) is 48.6 Å². The van der Waals surface area contributed by atoms with Crippen LogP contribution in [0.5, 0.6) is 0 Å². The lowest BCUT2D eigenvalue weighted by Crippen LogP contribution is -2.45. The lowest BCUT2D eigenvalue weighted by molar-refractivity contribution is 0.147. The summed E-state index contributed by atoms with van der Waals surface area (Å²) < 4.78 is 14.0. The highest BCUT2D eigenvalue weighted by molar-refractivity contribution is 6.83. The summed E-state index contributed by atoms with van der Waals surface area (Å²) in [4.78, 5) is 0. The van der Waals surface area contributed by atoms with Gasteiger partial charge in [0.2, 0.25) is 0 Å². The molecule has 3 nitrogen and oxygen atoms in total. The molecule has 0 radical (unpaired) electrons. The van der Waals surface area contributed by atoms with E-state index in [1.165, 1.54) is 19.3 Å². The first-order chi connectivity index (χ1) is 17.1. The minimum atomic E-state index is -1.96. The van der Waals surface area contributed by atoms with Crippen LogP contribution >= 0.6 is 0 Å². The normalized spacial score (nSPS) is 24.5. The highest BCUT2D eigenvalue weighted by Crippen LogP contribution is 2.46. The molecule has 1 N–H and O–H groups in total. The second-order valence-electron chi connectivity index (χ2n) is 15.9. The molecule has 38 heavy (non-hydrogen) atoms. The van der Waals surface area contributed by atoms with Crippen LogP contribution in [-0.2, 0) is 8.85 Å². The first-order valence-electron chi connectivity index (χ1n) is 15.3. The second-order valence-corrected chi connectivity index (χ2v) is 30.2. The zero-order valence-electron chi connectivity index (χ0n) is 27.8. The van der Waals surface area contributed by atoms with Gasteiger partial charge in [0.15, 0.2) is 16.6 Å². The van der Waals surface area contributed by atoms with Crippen molar-refractivity contribution >= 4 is 24.7 Å². The molecule has 0 aromatic heterocycles. The van der Waals surface area contributed by atoms with E-state index in [0.717, 1.165) is 19.3 Å². The predicted molar refractivity (Wildman–Crippen MR) is 175 cm³/mol. The maximum absolute atomic E-state index is 10.4. The molecule has 1 saturated carbocycles. The van der Waals surface area contributed by atoms with Crippen LogP contribution < -0.4 is 0 Å². The fraction of sp³-hybridized carbons (Fsp3) is 0.875. The molecule has 1 aliphatic rings. The highest BCUT2D eigenvalue weighted by atomic mass is 28.4. The van der Waals surface area contributed by atoms with Crippen molar-refractivity contribution in [2.75, 3.05) is 6.61 Å². The van der Waals surface area contributed by atoms with E-state index >= 15 is 0 Å². The van der Waals surface area contributed by atoms with Crippen LogP contribution in [0.25, 0.3) is 0 Å². The zero-order valence-corrected chi connectivity index (χ0v) is 30.8. The molecule has 1 fully saturated rings. The van der Waals surface area contributed by atoms with Gasteiger partial charge in [0.1, 0.15) is 8.07 Å². The third-order valence-corrected chi connectivity index (χ3v) is 19.2. The van der Waals surface area contributed by atoms with Crippen LogP contribution in [0.1, 0.15) is 87.0 Å². The molecule has 0 aromatic carbocycles. The van der Waals surface area contributed by atoms with Crippen molar-refractivity contribution in [2.45, 2.75) is 155 Å². The fourth-order valence-corrected chi connectivity index (χ4v) is 8.02. The van der Waals surface area contributed by atoms with E-state index in [2.05, 4.69) is 118 Å². The smallest absolute Gasteiger partial charge is 0.192 e. The molecule has 0 spiro atoms. The highest BCUT2D eigenvalue weighted by Gasteiger charge is 2.47. The monoisotopic (exact) mass is 580 g/mol. The Morgan fingerprint density at radius 2 is 1.50 bits per heavy atom. The van der Waals surface area contributed by atoms with E-state index in [1.807, 2.05) is 0 Å². The van der Waals surface area contributed by atoms with Crippen LogP contribution in [0.15, 0.2) is 12.2 Å². The lowest BCUT2D eigenvalue weighted by Gasteiger charge is -2.40. The molecule has 0 heterocycles. The number of aliphatic hydroxyl groups excluding tert-OH is 1. The van der Waals surface area contributed by atoms with Gasteiger partial charge in [-0.15, -0.1) is 11.5 Å². The molecular weight excluding hydrogens is 517 g/mol. The summed E-state index contributed by atoms with van der Waals surface area (Å²) in [6, 6.07) is 0. The lowest BCUT2D eigenvalue weighted by atomic mass is 9.86. The van der Waals surface area contributed by atoms with Crippen LogP contribution in [0.2, 0.25) is 55.9 Å². The molecule has 1 aliphatic carbocycles. The Hall–Kier alpha value is -0.169. The van der Waals surface area contributed by atoms with Gasteiger partial charge >= 0.3 is 0 Å². The Bertz CT molecular complexity index is 803. The number of hydrogen-bond donors (Lipinski definition) is 1. The van der Waals surface area contributed by atoms with Crippen molar-refractivity contribution in [1.82, 2.24) is 0 Å². The molecule has 6 heteroatoms. The molecule has 222 valence electrons. The zero-order chi connectivity index (χ0) is 29.6. The minimum Gasteiger partial charge on any atom is -0.413 e. The van der Waals surface area contributed by atoms with E-state index in [-0.39, 0.29) is 40.7 Å². The predicted octanol–water partition coefficient (Wildman–Crippen LogP) is 9.42. The Balaban J connectivity index is 3.40. The van der Waals surface area contributed by atoms with Crippen molar-refractivity contribution in [1.29, 1.82) is 0 Å². The van der Waals surface area contributed by atoms with Crippen molar-refractivity contribution < 1.29 is 14.0 Å².